The highest BCUT2D eigenvalue weighted by molar-refractivity contribution is 6.30. The number of benzene rings is 2. The van der Waals surface area contributed by atoms with Crippen LogP contribution in [0.15, 0.2) is 77.7 Å². The number of aryl methyl sites for hydroxylation is 1. The van der Waals surface area contributed by atoms with Crippen LogP contribution in [0.25, 0.3) is 5.65 Å². The summed E-state index contributed by atoms with van der Waals surface area (Å²) < 4.78 is 7.16. The van der Waals surface area contributed by atoms with Gasteiger partial charge in [0.2, 0.25) is 0 Å². The molecular weight excluding hydrogens is 428 g/mol. The molecule has 4 aromatic rings. The lowest BCUT2D eigenvalue weighted by Gasteiger charge is -2.11. The highest BCUT2D eigenvalue weighted by Gasteiger charge is 2.07. The Bertz CT molecular complexity index is 1320. The summed E-state index contributed by atoms with van der Waals surface area (Å²) in [7, 11) is 0. The fourth-order valence-corrected chi connectivity index (χ4v) is 3.30. The fraction of sp³-hybridized carbons (Fsp3) is 0.125. The van der Waals surface area contributed by atoms with E-state index in [1.54, 1.807) is 36.4 Å². The minimum Gasteiger partial charge on any atom is -0.487 e. The van der Waals surface area contributed by atoms with Gasteiger partial charge in [-0.1, -0.05) is 36.7 Å². The molecule has 0 aliphatic heterocycles. The molecular formula is C24H21ClN4O3. The van der Waals surface area contributed by atoms with Crippen molar-refractivity contribution in [3.8, 4) is 5.75 Å². The smallest absolute Gasteiger partial charge is 0.323 e. The molecule has 2 amide bonds. The largest absolute Gasteiger partial charge is 0.487 e. The van der Waals surface area contributed by atoms with Crippen molar-refractivity contribution in [2.24, 2.45) is 0 Å². The van der Waals surface area contributed by atoms with Crippen molar-refractivity contribution in [1.29, 1.82) is 0 Å². The Kier molecular flexibility index (Phi) is 6.37. The van der Waals surface area contributed by atoms with Gasteiger partial charge in [-0.05, 0) is 48.4 Å². The van der Waals surface area contributed by atoms with Gasteiger partial charge in [-0.2, -0.15) is 0 Å². The Balaban J connectivity index is 1.39. The van der Waals surface area contributed by atoms with Crippen molar-refractivity contribution in [3.63, 3.8) is 0 Å². The molecule has 32 heavy (non-hydrogen) atoms. The van der Waals surface area contributed by atoms with Gasteiger partial charge >= 0.3 is 6.03 Å². The van der Waals surface area contributed by atoms with Crippen molar-refractivity contribution in [3.05, 3.63) is 99.6 Å². The molecule has 2 aromatic heterocycles. The highest BCUT2D eigenvalue weighted by atomic mass is 35.5. The molecule has 0 aliphatic rings. The summed E-state index contributed by atoms with van der Waals surface area (Å²) in [6, 6.07) is 19.1. The molecule has 0 bridgehead atoms. The van der Waals surface area contributed by atoms with Crippen LogP contribution in [0.4, 0.5) is 16.2 Å². The Morgan fingerprint density at radius 3 is 2.59 bits per heavy atom. The molecule has 0 fully saturated rings. The van der Waals surface area contributed by atoms with Crippen molar-refractivity contribution in [2.45, 2.75) is 20.0 Å². The molecule has 0 saturated carbocycles. The van der Waals surface area contributed by atoms with Crippen LogP contribution in [0.5, 0.6) is 5.75 Å². The summed E-state index contributed by atoms with van der Waals surface area (Å²) in [6.45, 7) is 2.18. The van der Waals surface area contributed by atoms with Gasteiger partial charge in [-0.25, -0.2) is 9.78 Å². The lowest BCUT2D eigenvalue weighted by molar-refractivity contribution is 0.262. The number of anilines is 2. The van der Waals surface area contributed by atoms with Crippen LogP contribution in [0.1, 0.15) is 18.2 Å². The number of nitrogens with zero attached hydrogens (tertiary/aromatic N) is 2. The van der Waals surface area contributed by atoms with Gasteiger partial charge in [-0.3, -0.25) is 9.20 Å². The van der Waals surface area contributed by atoms with Crippen LogP contribution in [0.3, 0.4) is 0 Å². The molecule has 2 N–H and O–H groups in total. The summed E-state index contributed by atoms with van der Waals surface area (Å²) in [4.78, 5) is 29.0. The van der Waals surface area contributed by atoms with Crippen molar-refractivity contribution in [1.82, 2.24) is 9.38 Å². The SMILES string of the molecule is CCc1ccc(NC(=O)Nc2cccc(OCc3cc(=O)n4cc(Cl)ccc4n3)c2)cc1. The zero-order chi connectivity index (χ0) is 22.5. The number of halogens is 1. The third-order valence-corrected chi connectivity index (χ3v) is 5.00. The zero-order valence-electron chi connectivity index (χ0n) is 17.3. The number of hydrogen-bond donors (Lipinski definition) is 2. The minimum atomic E-state index is -0.353. The molecule has 2 aromatic carbocycles. The van der Waals surface area contributed by atoms with Crippen LogP contribution in [-0.2, 0) is 13.0 Å². The Hall–Kier alpha value is -3.84. The molecule has 0 aliphatic carbocycles. The lowest BCUT2D eigenvalue weighted by atomic mass is 10.1. The van der Waals surface area contributed by atoms with Gasteiger partial charge < -0.3 is 15.4 Å². The molecule has 8 heteroatoms. The number of nitrogens with one attached hydrogen (secondary N) is 2. The quantitative estimate of drug-likeness (QED) is 0.428. The lowest BCUT2D eigenvalue weighted by Crippen LogP contribution is -2.19. The van der Waals surface area contributed by atoms with E-state index >= 15 is 0 Å². The zero-order valence-corrected chi connectivity index (χ0v) is 18.1. The standard InChI is InChI=1S/C24H21ClN4O3/c1-2-16-6-9-18(10-7-16)27-24(31)28-19-4-3-5-21(12-19)32-15-20-13-23(30)29-14-17(25)8-11-22(29)26-20/h3-14H,2,15H2,1H3,(H2,27,28,31). The first-order valence-corrected chi connectivity index (χ1v) is 10.5. The second kappa shape index (κ2) is 9.53. The normalized spacial score (nSPS) is 10.7. The van der Waals surface area contributed by atoms with E-state index in [1.807, 2.05) is 24.3 Å². The number of carbonyl (C=O) groups excluding carboxylic acids is 1. The number of rotatable bonds is 6. The predicted molar refractivity (Wildman–Crippen MR) is 126 cm³/mol. The monoisotopic (exact) mass is 448 g/mol. The third kappa shape index (κ3) is 5.25. The first-order valence-electron chi connectivity index (χ1n) is 10.1. The first kappa shape index (κ1) is 21.4. The van der Waals surface area contributed by atoms with Gasteiger partial charge in [0.05, 0.1) is 10.7 Å². The number of ether oxygens (including phenoxy) is 1. The van der Waals surface area contributed by atoms with Crippen LogP contribution in [-0.4, -0.2) is 15.4 Å². The number of amides is 2. The fourth-order valence-electron chi connectivity index (χ4n) is 3.14. The van der Waals surface area contributed by atoms with Crippen molar-refractivity contribution >= 4 is 34.7 Å². The van der Waals surface area contributed by atoms with E-state index in [1.165, 1.54) is 22.2 Å². The first-order chi connectivity index (χ1) is 15.5. The second-order valence-electron chi connectivity index (χ2n) is 7.11. The van der Waals surface area contributed by atoms with Crippen molar-refractivity contribution in [2.75, 3.05) is 10.6 Å². The number of carbonyl (C=O) groups is 1. The summed E-state index contributed by atoms with van der Waals surface area (Å²) in [6.07, 6.45) is 2.46. The van der Waals surface area contributed by atoms with Crippen LogP contribution in [0.2, 0.25) is 5.02 Å². The summed E-state index contributed by atoms with van der Waals surface area (Å²) in [5.41, 5.74) is 3.22. The summed E-state index contributed by atoms with van der Waals surface area (Å²) in [5, 5.41) is 6.04. The Labute approximate surface area is 189 Å². The van der Waals surface area contributed by atoms with Crippen LogP contribution in [0, 0.1) is 0 Å². The topological polar surface area (TPSA) is 84.7 Å². The molecule has 0 unspecified atom stereocenters. The van der Waals surface area contributed by atoms with Crippen LogP contribution >= 0.6 is 11.6 Å². The molecule has 0 atom stereocenters. The third-order valence-electron chi connectivity index (χ3n) is 4.78. The maximum Gasteiger partial charge on any atom is 0.323 e. The predicted octanol–water partition coefficient (Wildman–Crippen LogP) is 5.13. The molecule has 0 spiro atoms. The van der Waals surface area contributed by atoms with Gasteiger partial charge in [0.1, 0.15) is 18.0 Å². The molecule has 2 heterocycles. The summed E-state index contributed by atoms with van der Waals surface area (Å²) in [5.74, 6) is 0.535. The van der Waals surface area contributed by atoms with E-state index in [0.29, 0.717) is 33.5 Å². The second-order valence-corrected chi connectivity index (χ2v) is 7.54. The summed E-state index contributed by atoms with van der Waals surface area (Å²) >= 11 is 5.93. The molecule has 7 nitrogen and oxygen atoms in total. The number of fused-ring (bicyclic) bond motifs is 1. The van der Waals surface area contributed by atoms with E-state index in [-0.39, 0.29) is 18.2 Å². The Morgan fingerprint density at radius 1 is 1.03 bits per heavy atom. The van der Waals surface area contributed by atoms with Gasteiger partial charge in [0.25, 0.3) is 5.56 Å². The van der Waals surface area contributed by atoms with E-state index in [4.69, 9.17) is 16.3 Å². The molecule has 0 saturated heterocycles. The van der Waals surface area contributed by atoms with Gasteiger partial charge in [0.15, 0.2) is 0 Å². The van der Waals surface area contributed by atoms with Gasteiger partial charge in [0, 0.05) is 29.7 Å². The van der Waals surface area contributed by atoms with Crippen molar-refractivity contribution < 1.29 is 9.53 Å². The van der Waals surface area contributed by atoms with E-state index in [2.05, 4.69) is 22.5 Å². The number of urea groups is 1. The minimum absolute atomic E-state index is 0.105. The van der Waals surface area contributed by atoms with E-state index in [0.717, 1.165) is 6.42 Å². The molecule has 162 valence electrons. The number of hydrogen-bond acceptors (Lipinski definition) is 4. The molecule has 0 radical (unpaired) electrons. The average Bonchev–Trinajstić information content (AvgIpc) is 2.79. The number of pyridine rings is 1. The van der Waals surface area contributed by atoms with E-state index in [9.17, 15) is 9.59 Å². The van der Waals surface area contributed by atoms with Gasteiger partial charge in [-0.15, -0.1) is 0 Å². The highest BCUT2D eigenvalue weighted by Crippen LogP contribution is 2.19. The van der Waals surface area contributed by atoms with E-state index < -0.39 is 0 Å². The maximum atomic E-state index is 12.3. The maximum absolute atomic E-state index is 12.3. The number of aromatic nitrogens is 2. The molecule has 4 rings (SSSR count). The Morgan fingerprint density at radius 2 is 1.81 bits per heavy atom. The average molecular weight is 449 g/mol. The van der Waals surface area contributed by atoms with Crippen LogP contribution < -0.4 is 20.9 Å².